The average Bonchev–Trinajstić information content (AvgIpc) is 3.24. The van der Waals surface area contributed by atoms with E-state index in [0.29, 0.717) is 12.2 Å². The van der Waals surface area contributed by atoms with Gasteiger partial charge in [-0.15, -0.1) is 0 Å². The van der Waals surface area contributed by atoms with Crippen LogP contribution in [0.15, 0.2) is 95.8 Å². The first kappa shape index (κ1) is 19.8. The number of nitrogens with zero attached hydrogens (tertiary/aromatic N) is 3. The molecule has 0 atom stereocenters. The first-order valence-electron chi connectivity index (χ1n) is 10.6. The van der Waals surface area contributed by atoms with Gasteiger partial charge in [0.25, 0.3) is 11.5 Å². The predicted octanol–water partition coefficient (Wildman–Crippen LogP) is 4.05. The molecule has 1 aliphatic rings. The summed E-state index contributed by atoms with van der Waals surface area (Å²) in [6.07, 6.45) is 1.02. The van der Waals surface area contributed by atoms with Crippen LogP contribution in [0, 0.1) is 0 Å². The lowest BCUT2D eigenvalue weighted by Crippen LogP contribution is -2.25. The van der Waals surface area contributed by atoms with Gasteiger partial charge in [-0.3, -0.25) is 9.59 Å². The maximum absolute atomic E-state index is 13.0. The zero-order chi connectivity index (χ0) is 21.9. The Morgan fingerprint density at radius 1 is 0.875 bits per heavy atom. The van der Waals surface area contributed by atoms with Crippen molar-refractivity contribution in [1.82, 2.24) is 9.78 Å². The third kappa shape index (κ3) is 3.90. The Balaban J connectivity index is 1.39. The van der Waals surface area contributed by atoms with E-state index in [1.165, 1.54) is 28.1 Å². The summed E-state index contributed by atoms with van der Waals surface area (Å²) in [6, 6.07) is 28.1. The second-order valence-electron chi connectivity index (χ2n) is 7.72. The molecule has 0 radical (unpaired) electrons. The molecule has 0 aliphatic carbocycles. The number of nitrogens with one attached hydrogen (secondary N) is 1. The molecule has 0 fully saturated rings. The van der Waals surface area contributed by atoms with Crippen molar-refractivity contribution in [1.29, 1.82) is 0 Å². The quantitative estimate of drug-likeness (QED) is 0.527. The molecular formula is C26H22N4O2. The summed E-state index contributed by atoms with van der Waals surface area (Å²) in [5, 5.41) is 7.26. The van der Waals surface area contributed by atoms with Crippen molar-refractivity contribution in [2.45, 2.75) is 13.0 Å². The van der Waals surface area contributed by atoms with Crippen molar-refractivity contribution in [3.63, 3.8) is 0 Å². The fraction of sp³-hybridized carbons (Fsp3) is 0.115. The van der Waals surface area contributed by atoms with Crippen LogP contribution in [0.5, 0.6) is 0 Å². The van der Waals surface area contributed by atoms with E-state index in [4.69, 9.17) is 0 Å². The second kappa shape index (κ2) is 8.51. The van der Waals surface area contributed by atoms with Crippen molar-refractivity contribution in [2.75, 3.05) is 16.8 Å². The molecule has 6 heteroatoms. The third-order valence-corrected chi connectivity index (χ3v) is 5.64. The Morgan fingerprint density at radius 2 is 1.62 bits per heavy atom. The van der Waals surface area contributed by atoms with Crippen LogP contribution in [0.3, 0.4) is 0 Å². The van der Waals surface area contributed by atoms with Crippen molar-refractivity contribution >= 4 is 17.3 Å². The molecule has 32 heavy (non-hydrogen) atoms. The number of hydrogen-bond acceptors (Lipinski definition) is 4. The fourth-order valence-electron chi connectivity index (χ4n) is 4.03. The van der Waals surface area contributed by atoms with Gasteiger partial charge in [0, 0.05) is 30.5 Å². The molecule has 158 valence electrons. The van der Waals surface area contributed by atoms with Crippen LogP contribution in [0.2, 0.25) is 0 Å². The minimum absolute atomic E-state index is 0.176. The van der Waals surface area contributed by atoms with Gasteiger partial charge in [0.2, 0.25) is 0 Å². The van der Waals surface area contributed by atoms with Crippen LogP contribution in [-0.4, -0.2) is 22.2 Å². The molecule has 3 aromatic carbocycles. The second-order valence-corrected chi connectivity index (χ2v) is 7.72. The lowest BCUT2D eigenvalue weighted by atomic mass is 10.1. The summed E-state index contributed by atoms with van der Waals surface area (Å²) < 4.78 is 1.24. The maximum Gasteiger partial charge on any atom is 0.276 e. The highest BCUT2D eigenvalue weighted by Gasteiger charge is 2.20. The Morgan fingerprint density at radius 3 is 2.50 bits per heavy atom. The molecular weight excluding hydrogens is 400 g/mol. The molecule has 0 bridgehead atoms. The highest BCUT2D eigenvalue weighted by atomic mass is 16.2. The number of carbonyl (C=O) groups excluding carboxylic acids is 1. The Bertz CT molecular complexity index is 1330. The maximum atomic E-state index is 13.0. The third-order valence-electron chi connectivity index (χ3n) is 5.64. The van der Waals surface area contributed by atoms with Crippen LogP contribution >= 0.6 is 0 Å². The van der Waals surface area contributed by atoms with Gasteiger partial charge in [0.15, 0.2) is 0 Å². The Hall–Kier alpha value is -4.19. The number of carbonyl (C=O) groups is 1. The van der Waals surface area contributed by atoms with E-state index in [2.05, 4.69) is 39.6 Å². The number of para-hydroxylation sites is 3. The Kier molecular flexibility index (Phi) is 5.25. The van der Waals surface area contributed by atoms with Gasteiger partial charge < -0.3 is 10.2 Å². The van der Waals surface area contributed by atoms with E-state index in [-0.39, 0.29) is 17.2 Å². The lowest BCUT2D eigenvalue weighted by Gasteiger charge is -2.21. The standard InChI is InChI=1S/C26H22N4O2/c31-25-15-14-23(28-30(25)21-10-2-1-3-11-21)26(32)27-22-12-6-4-9-20(22)18-29-17-16-19-8-5-7-13-24(19)29/h1-15H,16-18H2,(H,27,32). The molecule has 6 nitrogen and oxygen atoms in total. The highest BCUT2D eigenvalue weighted by molar-refractivity contribution is 6.03. The molecule has 0 unspecified atom stereocenters. The van der Waals surface area contributed by atoms with E-state index in [0.717, 1.165) is 24.2 Å². The zero-order valence-corrected chi connectivity index (χ0v) is 17.4. The lowest BCUT2D eigenvalue weighted by molar-refractivity contribution is 0.102. The summed E-state index contributed by atoms with van der Waals surface area (Å²) in [5.74, 6) is -0.357. The SMILES string of the molecule is O=C(Nc1ccccc1CN1CCc2ccccc21)c1ccc(=O)n(-c2ccccc2)n1. The van der Waals surface area contributed by atoms with E-state index in [1.807, 2.05) is 42.5 Å². The molecule has 0 saturated carbocycles. The monoisotopic (exact) mass is 422 g/mol. The van der Waals surface area contributed by atoms with E-state index in [9.17, 15) is 9.59 Å². The smallest absolute Gasteiger partial charge is 0.276 e. The van der Waals surface area contributed by atoms with Crippen LogP contribution in [0.25, 0.3) is 5.69 Å². The predicted molar refractivity (Wildman–Crippen MR) is 125 cm³/mol. The fourth-order valence-corrected chi connectivity index (χ4v) is 4.03. The Labute approximate surface area is 185 Å². The number of anilines is 2. The molecule has 0 spiro atoms. The summed E-state index contributed by atoms with van der Waals surface area (Å²) in [5.41, 5.74) is 4.84. The largest absolute Gasteiger partial charge is 0.367 e. The van der Waals surface area contributed by atoms with Gasteiger partial charge >= 0.3 is 0 Å². The van der Waals surface area contributed by atoms with Gasteiger partial charge in [-0.25, -0.2) is 0 Å². The molecule has 0 saturated heterocycles. The normalized spacial score (nSPS) is 12.4. The zero-order valence-electron chi connectivity index (χ0n) is 17.4. The first-order valence-corrected chi connectivity index (χ1v) is 10.6. The van der Waals surface area contributed by atoms with Crippen molar-refractivity contribution in [3.05, 3.63) is 118 Å². The van der Waals surface area contributed by atoms with Crippen molar-refractivity contribution < 1.29 is 4.79 Å². The van der Waals surface area contributed by atoms with Crippen LogP contribution in [0.4, 0.5) is 11.4 Å². The minimum atomic E-state index is -0.357. The number of aromatic nitrogens is 2. The minimum Gasteiger partial charge on any atom is -0.367 e. The van der Waals surface area contributed by atoms with Crippen LogP contribution < -0.4 is 15.8 Å². The van der Waals surface area contributed by atoms with E-state index < -0.39 is 0 Å². The van der Waals surface area contributed by atoms with Crippen molar-refractivity contribution in [2.24, 2.45) is 0 Å². The van der Waals surface area contributed by atoms with Gasteiger partial charge in [-0.2, -0.15) is 9.78 Å². The van der Waals surface area contributed by atoms with Crippen LogP contribution in [0.1, 0.15) is 21.6 Å². The number of amides is 1. The van der Waals surface area contributed by atoms with Gasteiger partial charge in [0.05, 0.1) is 5.69 Å². The number of hydrogen-bond donors (Lipinski definition) is 1. The topological polar surface area (TPSA) is 67.2 Å². The van der Waals surface area contributed by atoms with Gasteiger partial charge in [-0.05, 0) is 47.9 Å². The van der Waals surface area contributed by atoms with Gasteiger partial charge in [-0.1, -0.05) is 54.6 Å². The van der Waals surface area contributed by atoms with E-state index >= 15 is 0 Å². The first-order chi connectivity index (χ1) is 15.7. The number of benzene rings is 3. The summed E-state index contributed by atoms with van der Waals surface area (Å²) in [7, 11) is 0. The van der Waals surface area contributed by atoms with Crippen LogP contribution in [-0.2, 0) is 13.0 Å². The molecule has 1 aliphatic heterocycles. The molecule has 1 N–H and O–H groups in total. The molecule has 2 heterocycles. The number of rotatable bonds is 5. The summed E-state index contributed by atoms with van der Waals surface area (Å²) >= 11 is 0. The van der Waals surface area contributed by atoms with E-state index in [1.54, 1.807) is 12.1 Å². The molecule has 1 aromatic heterocycles. The number of fused-ring (bicyclic) bond motifs is 1. The molecule has 1 amide bonds. The van der Waals surface area contributed by atoms with Crippen molar-refractivity contribution in [3.8, 4) is 5.69 Å². The van der Waals surface area contributed by atoms with Gasteiger partial charge in [0.1, 0.15) is 5.69 Å². The highest BCUT2D eigenvalue weighted by Crippen LogP contribution is 2.30. The summed E-state index contributed by atoms with van der Waals surface area (Å²) in [6.45, 7) is 1.65. The average molecular weight is 422 g/mol. The molecule has 5 rings (SSSR count). The molecule has 4 aromatic rings. The summed E-state index contributed by atoms with van der Waals surface area (Å²) in [4.78, 5) is 27.6.